The molecular formula is C15H26N2O. The standard InChI is InChI=1S/C15H26N2O/c18-15(17-11-7-4-8-12-17)13-16-14-9-5-2-1-3-6-10-14/h5,9,14,16H,1-4,6-8,10-13H2/b9-5+. The summed E-state index contributed by atoms with van der Waals surface area (Å²) in [5.74, 6) is 0.283. The van der Waals surface area contributed by atoms with Crippen LogP contribution in [0, 0.1) is 0 Å². The van der Waals surface area contributed by atoms with Gasteiger partial charge in [-0.15, -0.1) is 0 Å². The van der Waals surface area contributed by atoms with Gasteiger partial charge in [0.15, 0.2) is 0 Å². The Morgan fingerprint density at radius 2 is 1.89 bits per heavy atom. The molecule has 1 saturated heterocycles. The average molecular weight is 250 g/mol. The van der Waals surface area contributed by atoms with Gasteiger partial charge in [-0.05, 0) is 38.5 Å². The normalized spacial score (nSPS) is 27.3. The summed E-state index contributed by atoms with van der Waals surface area (Å²) in [5, 5.41) is 3.41. The Labute approximate surface area is 111 Å². The molecule has 0 saturated carbocycles. The summed E-state index contributed by atoms with van der Waals surface area (Å²) in [6.07, 6.45) is 14.4. The first-order chi connectivity index (χ1) is 8.86. The molecule has 1 amide bonds. The number of hydrogen-bond donors (Lipinski definition) is 1. The molecule has 1 heterocycles. The lowest BCUT2D eigenvalue weighted by molar-refractivity contribution is -0.131. The van der Waals surface area contributed by atoms with E-state index in [0.29, 0.717) is 12.6 Å². The van der Waals surface area contributed by atoms with Gasteiger partial charge in [0.1, 0.15) is 0 Å². The number of carbonyl (C=O) groups excluding carboxylic acids is 1. The lowest BCUT2D eigenvalue weighted by Crippen LogP contribution is -2.43. The smallest absolute Gasteiger partial charge is 0.236 e. The highest BCUT2D eigenvalue weighted by Crippen LogP contribution is 2.12. The summed E-state index contributed by atoms with van der Waals surface area (Å²) in [7, 11) is 0. The van der Waals surface area contributed by atoms with Crippen LogP contribution in [0.15, 0.2) is 12.2 Å². The van der Waals surface area contributed by atoms with Crippen LogP contribution >= 0.6 is 0 Å². The zero-order valence-corrected chi connectivity index (χ0v) is 11.4. The second-order valence-electron chi connectivity index (χ2n) is 5.50. The van der Waals surface area contributed by atoms with Gasteiger partial charge in [-0.2, -0.15) is 0 Å². The highest BCUT2D eigenvalue weighted by molar-refractivity contribution is 5.78. The maximum absolute atomic E-state index is 12.0. The molecule has 2 aliphatic rings. The van der Waals surface area contributed by atoms with Crippen LogP contribution in [-0.4, -0.2) is 36.5 Å². The maximum Gasteiger partial charge on any atom is 0.236 e. The zero-order chi connectivity index (χ0) is 12.6. The highest BCUT2D eigenvalue weighted by Gasteiger charge is 2.17. The Hall–Kier alpha value is -0.830. The van der Waals surface area contributed by atoms with Crippen molar-refractivity contribution in [1.29, 1.82) is 0 Å². The molecule has 1 fully saturated rings. The van der Waals surface area contributed by atoms with Crippen LogP contribution in [0.2, 0.25) is 0 Å². The largest absolute Gasteiger partial charge is 0.342 e. The van der Waals surface area contributed by atoms with Gasteiger partial charge in [0.2, 0.25) is 5.91 Å². The molecule has 0 aromatic heterocycles. The van der Waals surface area contributed by atoms with Crippen molar-refractivity contribution in [2.24, 2.45) is 0 Å². The number of likely N-dealkylation sites (tertiary alicyclic amines) is 1. The topological polar surface area (TPSA) is 32.3 Å². The molecule has 0 aromatic rings. The molecule has 1 unspecified atom stereocenters. The predicted octanol–water partition coefficient (Wildman–Crippen LogP) is 2.48. The van der Waals surface area contributed by atoms with Gasteiger partial charge in [-0.25, -0.2) is 0 Å². The number of carbonyl (C=O) groups is 1. The van der Waals surface area contributed by atoms with E-state index in [0.717, 1.165) is 13.1 Å². The molecule has 0 spiro atoms. The van der Waals surface area contributed by atoms with Gasteiger partial charge in [0.25, 0.3) is 0 Å². The third kappa shape index (κ3) is 4.45. The second-order valence-corrected chi connectivity index (χ2v) is 5.50. The van der Waals surface area contributed by atoms with E-state index in [1.54, 1.807) is 0 Å². The quantitative estimate of drug-likeness (QED) is 0.780. The molecule has 0 aromatic carbocycles. The molecule has 3 heteroatoms. The molecule has 2 rings (SSSR count). The van der Waals surface area contributed by atoms with E-state index in [4.69, 9.17) is 0 Å². The van der Waals surface area contributed by atoms with Crippen molar-refractivity contribution in [1.82, 2.24) is 10.2 Å². The van der Waals surface area contributed by atoms with Gasteiger partial charge in [0, 0.05) is 19.1 Å². The van der Waals surface area contributed by atoms with Crippen LogP contribution in [0.4, 0.5) is 0 Å². The summed E-state index contributed by atoms with van der Waals surface area (Å²) in [6.45, 7) is 2.43. The summed E-state index contributed by atoms with van der Waals surface area (Å²) in [6, 6.07) is 0.402. The molecule has 0 radical (unpaired) electrons. The van der Waals surface area contributed by atoms with E-state index in [2.05, 4.69) is 17.5 Å². The minimum Gasteiger partial charge on any atom is -0.342 e. The lowest BCUT2D eigenvalue weighted by Gasteiger charge is -2.27. The number of amides is 1. The van der Waals surface area contributed by atoms with Gasteiger partial charge in [0.05, 0.1) is 6.54 Å². The zero-order valence-electron chi connectivity index (χ0n) is 11.4. The minimum absolute atomic E-state index is 0.283. The number of allylic oxidation sites excluding steroid dienone is 1. The molecule has 1 N–H and O–H groups in total. The van der Waals surface area contributed by atoms with Crippen molar-refractivity contribution >= 4 is 5.91 Å². The van der Waals surface area contributed by atoms with E-state index >= 15 is 0 Å². The Morgan fingerprint density at radius 3 is 2.72 bits per heavy atom. The fraction of sp³-hybridized carbons (Fsp3) is 0.800. The fourth-order valence-corrected chi connectivity index (χ4v) is 2.80. The van der Waals surface area contributed by atoms with Crippen LogP contribution in [0.5, 0.6) is 0 Å². The van der Waals surface area contributed by atoms with Crippen LogP contribution < -0.4 is 5.32 Å². The number of piperidine rings is 1. The first-order valence-corrected chi connectivity index (χ1v) is 7.54. The van der Waals surface area contributed by atoms with Gasteiger partial charge in [-0.1, -0.05) is 25.0 Å². The van der Waals surface area contributed by atoms with Gasteiger partial charge >= 0.3 is 0 Å². The van der Waals surface area contributed by atoms with E-state index in [-0.39, 0.29) is 5.91 Å². The number of rotatable bonds is 3. The van der Waals surface area contributed by atoms with E-state index < -0.39 is 0 Å². The lowest BCUT2D eigenvalue weighted by atomic mass is 10.0. The molecule has 3 nitrogen and oxygen atoms in total. The van der Waals surface area contributed by atoms with Crippen molar-refractivity contribution in [3.63, 3.8) is 0 Å². The maximum atomic E-state index is 12.0. The molecule has 1 aliphatic heterocycles. The highest BCUT2D eigenvalue weighted by atomic mass is 16.2. The first kappa shape index (κ1) is 13.6. The summed E-state index contributed by atoms with van der Waals surface area (Å²) >= 11 is 0. The second kappa shape index (κ2) is 7.57. The van der Waals surface area contributed by atoms with Crippen molar-refractivity contribution in [2.75, 3.05) is 19.6 Å². The molecular weight excluding hydrogens is 224 g/mol. The Balaban J connectivity index is 1.71. The Kier molecular flexibility index (Phi) is 5.72. The van der Waals surface area contributed by atoms with Crippen LogP contribution in [-0.2, 0) is 4.79 Å². The van der Waals surface area contributed by atoms with Crippen molar-refractivity contribution in [3.05, 3.63) is 12.2 Å². The van der Waals surface area contributed by atoms with Crippen LogP contribution in [0.25, 0.3) is 0 Å². The van der Waals surface area contributed by atoms with Gasteiger partial charge in [-0.3, -0.25) is 4.79 Å². The average Bonchev–Trinajstić information content (AvgIpc) is 2.38. The summed E-state index contributed by atoms with van der Waals surface area (Å²) in [5.41, 5.74) is 0. The van der Waals surface area contributed by atoms with Crippen molar-refractivity contribution < 1.29 is 4.79 Å². The molecule has 18 heavy (non-hydrogen) atoms. The minimum atomic E-state index is 0.283. The van der Waals surface area contributed by atoms with E-state index in [1.807, 2.05) is 4.90 Å². The molecule has 1 atom stereocenters. The monoisotopic (exact) mass is 250 g/mol. The predicted molar refractivity (Wildman–Crippen MR) is 74.4 cm³/mol. The van der Waals surface area contributed by atoms with Crippen molar-refractivity contribution in [3.8, 4) is 0 Å². The third-order valence-corrected chi connectivity index (χ3v) is 3.98. The summed E-state index contributed by atoms with van der Waals surface area (Å²) < 4.78 is 0. The number of nitrogens with zero attached hydrogens (tertiary/aromatic N) is 1. The fourth-order valence-electron chi connectivity index (χ4n) is 2.80. The SMILES string of the molecule is O=C(CNC1/C=C/CCCCC1)N1CCCCC1. The first-order valence-electron chi connectivity index (χ1n) is 7.54. The van der Waals surface area contributed by atoms with Gasteiger partial charge < -0.3 is 10.2 Å². The molecule has 1 aliphatic carbocycles. The van der Waals surface area contributed by atoms with Crippen LogP contribution in [0.3, 0.4) is 0 Å². The molecule has 0 bridgehead atoms. The number of hydrogen-bond acceptors (Lipinski definition) is 2. The Bertz CT molecular complexity index is 282. The van der Waals surface area contributed by atoms with Crippen molar-refractivity contribution in [2.45, 2.75) is 57.4 Å². The molecule has 102 valence electrons. The van der Waals surface area contributed by atoms with Crippen LogP contribution in [0.1, 0.15) is 51.4 Å². The van der Waals surface area contributed by atoms with E-state index in [9.17, 15) is 4.79 Å². The third-order valence-electron chi connectivity index (χ3n) is 3.98. The van der Waals surface area contributed by atoms with E-state index in [1.165, 1.54) is 51.4 Å². The number of nitrogens with one attached hydrogen (secondary N) is 1. The Morgan fingerprint density at radius 1 is 1.11 bits per heavy atom. The summed E-state index contributed by atoms with van der Waals surface area (Å²) in [4.78, 5) is 14.1.